The highest BCUT2D eigenvalue weighted by molar-refractivity contribution is 5.86. The second kappa shape index (κ2) is 8.11. The van der Waals surface area contributed by atoms with Gasteiger partial charge in [0.1, 0.15) is 0 Å². The van der Waals surface area contributed by atoms with E-state index < -0.39 is 0 Å². The second-order valence-electron chi connectivity index (χ2n) is 6.61. The van der Waals surface area contributed by atoms with Gasteiger partial charge in [-0.15, -0.1) is 0 Å². The number of nitrogens with zero attached hydrogens (tertiary/aromatic N) is 1. The predicted molar refractivity (Wildman–Crippen MR) is 95.8 cm³/mol. The van der Waals surface area contributed by atoms with E-state index in [0.29, 0.717) is 19.4 Å². The van der Waals surface area contributed by atoms with E-state index in [-0.39, 0.29) is 23.9 Å². The summed E-state index contributed by atoms with van der Waals surface area (Å²) in [6.07, 6.45) is 7.81. The molecule has 0 aliphatic heterocycles. The summed E-state index contributed by atoms with van der Waals surface area (Å²) in [5.41, 5.74) is 8.09. The van der Waals surface area contributed by atoms with Crippen LogP contribution in [0.15, 0.2) is 24.5 Å². The van der Waals surface area contributed by atoms with Crippen LogP contribution in [0.2, 0.25) is 0 Å². The summed E-state index contributed by atoms with van der Waals surface area (Å²) < 4.78 is 0. The van der Waals surface area contributed by atoms with Gasteiger partial charge in [-0.3, -0.25) is 14.6 Å². The van der Waals surface area contributed by atoms with E-state index in [0.717, 1.165) is 42.3 Å². The summed E-state index contributed by atoms with van der Waals surface area (Å²) in [6.45, 7) is 0.375. The summed E-state index contributed by atoms with van der Waals surface area (Å²) in [6, 6.07) is 4.19. The number of nitrogens with two attached hydrogens (primary N) is 1. The Kier molecular flexibility index (Phi) is 5.65. The molecule has 0 saturated heterocycles. The third-order valence-corrected chi connectivity index (χ3v) is 4.69. The van der Waals surface area contributed by atoms with E-state index in [2.05, 4.69) is 20.6 Å². The van der Waals surface area contributed by atoms with Gasteiger partial charge in [0.25, 0.3) is 0 Å². The quantitative estimate of drug-likeness (QED) is 0.626. The lowest BCUT2D eigenvalue weighted by atomic mass is 9.91. The first-order chi connectivity index (χ1) is 12.2. The Morgan fingerprint density at radius 2 is 1.84 bits per heavy atom. The van der Waals surface area contributed by atoms with Crippen molar-refractivity contribution in [1.82, 2.24) is 20.6 Å². The second-order valence-corrected chi connectivity index (χ2v) is 6.61. The smallest absolute Gasteiger partial charge is 0.224 e. The topological polar surface area (TPSA) is 113 Å². The first-order valence-corrected chi connectivity index (χ1v) is 8.85. The molecule has 3 rings (SSSR count). The van der Waals surface area contributed by atoms with E-state index in [9.17, 15) is 9.59 Å². The summed E-state index contributed by atoms with van der Waals surface area (Å²) in [7, 11) is 0. The van der Waals surface area contributed by atoms with Gasteiger partial charge in [0.15, 0.2) is 0 Å². The first-order valence-electron chi connectivity index (χ1n) is 8.85. The van der Waals surface area contributed by atoms with Crippen molar-refractivity contribution in [3.63, 3.8) is 0 Å². The van der Waals surface area contributed by atoms with Crippen LogP contribution in [-0.4, -0.2) is 40.4 Å². The largest absolute Gasteiger partial charge is 0.360 e. The number of hydrogen-bond acceptors (Lipinski definition) is 4. The Morgan fingerprint density at radius 1 is 1.16 bits per heavy atom. The molecule has 2 aromatic heterocycles. The molecule has 2 amide bonds. The van der Waals surface area contributed by atoms with Crippen molar-refractivity contribution in [2.45, 2.75) is 50.6 Å². The zero-order valence-electron chi connectivity index (χ0n) is 14.3. The van der Waals surface area contributed by atoms with Gasteiger partial charge in [-0.2, -0.15) is 0 Å². The minimum absolute atomic E-state index is 0.0156. The van der Waals surface area contributed by atoms with E-state index >= 15 is 0 Å². The summed E-state index contributed by atoms with van der Waals surface area (Å²) in [5, 5.41) is 6.11. The number of rotatable bonds is 6. The molecule has 5 N–H and O–H groups in total. The minimum atomic E-state index is 0.0156. The zero-order chi connectivity index (χ0) is 17.6. The molecular weight excluding hydrogens is 318 g/mol. The number of carbonyl (C=O) groups is 2. The van der Waals surface area contributed by atoms with E-state index in [4.69, 9.17) is 5.73 Å². The number of fused-ring (bicyclic) bond motifs is 1. The third kappa shape index (κ3) is 4.57. The van der Waals surface area contributed by atoms with Gasteiger partial charge in [0.05, 0.1) is 17.5 Å². The Morgan fingerprint density at radius 3 is 2.52 bits per heavy atom. The van der Waals surface area contributed by atoms with Crippen molar-refractivity contribution in [1.29, 1.82) is 0 Å². The lowest BCUT2D eigenvalue weighted by Gasteiger charge is -2.29. The molecule has 0 spiro atoms. The highest BCUT2D eigenvalue weighted by Crippen LogP contribution is 2.20. The molecule has 7 nitrogen and oxygen atoms in total. The molecular formula is C18H25N5O2. The van der Waals surface area contributed by atoms with Gasteiger partial charge in [0.2, 0.25) is 11.8 Å². The van der Waals surface area contributed by atoms with Crippen molar-refractivity contribution in [2.24, 2.45) is 5.73 Å². The molecule has 1 fully saturated rings. The van der Waals surface area contributed by atoms with Crippen molar-refractivity contribution in [3.05, 3.63) is 30.1 Å². The number of pyridine rings is 1. The monoisotopic (exact) mass is 343 g/mol. The number of aromatic amines is 1. The molecule has 0 bridgehead atoms. The molecule has 1 saturated carbocycles. The van der Waals surface area contributed by atoms with Gasteiger partial charge >= 0.3 is 0 Å². The molecule has 7 heteroatoms. The van der Waals surface area contributed by atoms with Gasteiger partial charge in [-0.1, -0.05) is 0 Å². The molecule has 0 radical (unpaired) electrons. The summed E-state index contributed by atoms with van der Waals surface area (Å²) >= 11 is 0. The number of amides is 2. The Bertz CT molecular complexity index is 734. The molecule has 2 heterocycles. The highest BCUT2D eigenvalue weighted by atomic mass is 16.2. The fourth-order valence-corrected chi connectivity index (χ4v) is 3.41. The Hall–Kier alpha value is -2.41. The molecule has 25 heavy (non-hydrogen) atoms. The molecule has 0 unspecified atom stereocenters. The maximum Gasteiger partial charge on any atom is 0.224 e. The Labute approximate surface area is 146 Å². The van der Waals surface area contributed by atoms with Gasteiger partial charge < -0.3 is 21.4 Å². The van der Waals surface area contributed by atoms with Crippen LogP contribution >= 0.6 is 0 Å². The fraction of sp³-hybridized carbons (Fsp3) is 0.500. The lowest BCUT2D eigenvalue weighted by molar-refractivity contribution is -0.123. The predicted octanol–water partition coefficient (Wildman–Crippen LogP) is 0.998. The Balaban J connectivity index is 1.46. The summed E-state index contributed by atoms with van der Waals surface area (Å²) in [4.78, 5) is 31.4. The molecule has 1 aliphatic carbocycles. The maximum absolute atomic E-state index is 12.3. The standard InChI is InChI=1S/C18H25N5O2/c19-8-7-16(24)22-13-3-5-14(6-4-13)23-17(25)10-12-11-21-15-2-1-9-20-18(12)15/h1-2,9,11,13-14,21H,3-8,10,19H2,(H,22,24)(H,23,25). The normalized spacial score (nSPS) is 20.4. The lowest BCUT2D eigenvalue weighted by Crippen LogP contribution is -2.44. The highest BCUT2D eigenvalue weighted by Gasteiger charge is 2.23. The minimum Gasteiger partial charge on any atom is -0.360 e. The van der Waals surface area contributed by atoms with Crippen LogP contribution in [0.1, 0.15) is 37.7 Å². The zero-order valence-corrected chi connectivity index (χ0v) is 14.3. The maximum atomic E-state index is 12.3. The van der Waals surface area contributed by atoms with E-state index in [1.165, 1.54) is 0 Å². The van der Waals surface area contributed by atoms with Crippen LogP contribution in [0.5, 0.6) is 0 Å². The first kappa shape index (κ1) is 17.4. The van der Waals surface area contributed by atoms with Gasteiger partial charge in [-0.05, 0) is 37.8 Å². The fourth-order valence-electron chi connectivity index (χ4n) is 3.41. The average Bonchev–Trinajstić information content (AvgIpc) is 3.00. The number of aromatic nitrogens is 2. The number of hydrogen-bond donors (Lipinski definition) is 4. The average molecular weight is 343 g/mol. The van der Waals surface area contributed by atoms with Crippen LogP contribution in [-0.2, 0) is 16.0 Å². The van der Waals surface area contributed by atoms with Gasteiger partial charge in [-0.25, -0.2) is 0 Å². The molecule has 134 valence electrons. The molecule has 0 atom stereocenters. The van der Waals surface area contributed by atoms with Crippen LogP contribution in [0.25, 0.3) is 11.0 Å². The number of H-pyrrole nitrogens is 1. The number of nitrogens with one attached hydrogen (secondary N) is 3. The van der Waals surface area contributed by atoms with E-state index in [1.807, 2.05) is 18.3 Å². The van der Waals surface area contributed by atoms with Crippen molar-refractivity contribution in [2.75, 3.05) is 6.54 Å². The summed E-state index contributed by atoms with van der Waals surface area (Å²) in [5.74, 6) is 0.0315. The SMILES string of the molecule is NCCC(=O)NC1CCC(NC(=O)Cc2c[nH]c3cccnc23)CC1. The van der Waals surface area contributed by atoms with E-state index in [1.54, 1.807) is 6.20 Å². The van der Waals surface area contributed by atoms with Crippen molar-refractivity contribution >= 4 is 22.8 Å². The van der Waals surface area contributed by atoms with Crippen LogP contribution in [0.4, 0.5) is 0 Å². The van der Waals surface area contributed by atoms with Crippen molar-refractivity contribution < 1.29 is 9.59 Å². The van der Waals surface area contributed by atoms with Gasteiger partial charge in [0, 0.05) is 43.0 Å². The van der Waals surface area contributed by atoms with Crippen molar-refractivity contribution in [3.8, 4) is 0 Å². The van der Waals surface area contributed by atoms with Crippen LogP contribution in [0.3, 0.4) is 0 Å². The third-order valence-electron chi connectivity index (χ3n) is 4.69. The van der Waals surface area contributed by atoms with Crippen LogP contribution < -0.4 is 16.4 Å². The number of carbonyl (C=O) groups excluding carboxylic acids is 2. The molecule has 0 aromatic carbocycles. The molecule has 2 aromatic rings. The molecule has 1 aliphatic rings. The van der Waals surface area contributed by atoms with Crippen LogP contribution in [0, 0.1) is 0 Å².